The maximum absolute atomic E-state index is 11.1. The normalized spacial score (nSPS) is 10.7. The lowest BCUT2D eigenvalue weighted by Gasteiger charge is -2.04. The highest BCUT2D eigenvalue weighted by atomic mass is 35.5. The fraction of sp³-hybridized carbons (Fsp3) is 0. The predicted octanol–water partition coefficient (Wildman–Crippen LogP) is 3.65. The molecule has 4 nitrogen and oxygen atoms in total. The molecule has 3 rings (SSSR count). The van der Waals surface area contributed by atoms with Crippen LogP contribution in [-0.4, -0.2) is 21.0 Å². The number of carboxylic acid groups (broad SMARTS) is 1. The fourth-order valence-electron chi connectivity index (χ4n) is 1.98. The van der Waals surface area contributed by atoms with Crippen LogP contribution in [0.15, 0.2) is 48.7 Å². The summed E-state index contributed by atoms with van der Waals surface area (Å²) in [6.45, 7) is 0. The lowest BCUT2D eigenvalue weighted by Crippen LogP contribution is -1.99. The van der Waals surface area contributed by atoms with E-state index < -0.39 is 5.97 Å². The molecular weight excluding hydrogens is 276 g/mol. The van der Waals surface area contributed by atoms with E-state index in [0.29, 0.717) is 21.7 Å². The molecule has 0 spiro atoms. The summed E-state index contributed by atoms with van der Waals surface area (Å²) in [6, 6.07) is 12.1. The zero-order valence-electron chi connectivity index (χ0n) is 10.2. The Morgan fingerprint density at radius 3 is 2.55 bits per heavy atom. The van der Waals surface area contributed by atoms with Crippen molar-refractivity contribution in [3.8, 4) is 11.4 Å². The molecule has 0 aliphatic carbocycles. The Morgan fingerprint density at radius 2 is 1.85 bits per heavy atom. The molecule has 2 aromatic carbocycles. The van der Waals surface area contributed by atoms with Crippen molar-refractivity contribution in [1.82, 2.24) is 9.97 Å². The van der Waals surface area contributed by atoms with Gasteiger partial charge in [-0.15, -0.1) is 0 Å². The molecule has 98 valence electrons. The average molecular weight is 285 g/mol. The first-order valence-electron chi connectivity index (χ1n) is 5.90. The van der Waals surface area contributed by atoms with Crippen LogP contribution in [0.4, 0.5) is 0 Å². The van der Waals surface area contributed by atoms with Crippen LogP contribution in [-0.2, 0) is 0 Å². The first kappa shape index (κ1) is 12.6. The van der Waals surface area contributed by atoms with Crippen LogP contribution < -0.4 is 0 Å². The van der Waals surface area contributed by atoms with Crippen molar-refractivity contribution in [3.05, 3.63) is 59.2 Å². The summed E-state index contributed by atoms with van der Waals surface area (Å²) in [7, 11) is 0. The van der Waals surface area contributed by atoms with Crippen molar-refractivity contribution in [3.63, 3.8) is 0 Å². The molecule has 5 heteroatoms. The summed E-state index contributed by atoms with van der Waals surface area (Å²) >= 11 is 5.84. The Balaban J connectivity index is 2.16. The van der Waals surface area contributed by atoms with Gasteiger partial charge in [0.15, 0.2) is 5.82 Å². The first-order chi connectivity index (χ1) is 9.65. The van der Waals surface area contributed by atoms with Crippen LogP contribution in [0.1, 0.15) is 10.4 Å². The van der Waals surface area contributed by atoms with Crippen LogP contribution >= 0.6 is 11.6 Å². The molecule has 0 radical (unpaired) electrons. The maximum atomic E-state index is 11.1. The van der Waals surface area contributed by atoms with Gasteiger partial charge in [-0.2, -0.15) is 0 Å². The molecular formula is C15H9ClN2O2. The Morgan fingerprint density at radius 1 is 1.10 bits per heavy atom. The maximum Gasteiger partial charge on any atom is 0.336 e. The number of nitrogens with zero attached hydrogens (tertiary/aromatic N) is 2. The summed E-state index contributed by atoms with van der Waals surface area (Å²) in [5.74, 6) is -0.449. The molecule has 0 aliphatic rings. The highest BCUT2D eigenvalue weighted by Gasteiger charge is 2.10. The van der Waals surface area contributed by atoms with E-state index in [-0.39, 0.29) is 5.56 Å². The Labute approximate surface area is 119 Å². The molecule has 0 aliphatic heterocycles. The van der Waals surface area contributed by atoms with Gasteiger partial charge in [0, 0.05) is 22.2 Å². The minimum Gasteiger partial charge on any atom is -0.478 e. The summed E-state index contributed by atoms with van der Waals surface area (Å²) in [4.78, 5) is 19.8. The molecule has 0 amide bonds. The van der Waals surface area contributed by atoms with Gasteiger partial charge in [0.1, 0.15) is 0 Å². The molecule has 0 atom stereocenters. The molecule has 3 aromatic rings. The number of aromatic carboxylic acids is 1. The summed E-state index contributed by atoms with van der Waals surface area (Å²) in [5, 5.41) is 10.3. The van der Waals surface area contributed by atoms with Gasteiger partial charge in [0.25, 0.3) is 0 Å². The van der Waals surface area contributed by atoms with Gasteiger partial charge in [-0.1, -0.05) is 17.7 Å². The second-order valence-corrected chi connectivity index (χ2v) is 4.68. The average Bonchev–Trinajstić information content (AvgIpc) is 2.46. The molecule has 1 heterocycles. The van der Waals surface area contributed by atoms with E-state index in [0.717, 1.165) is 5.56 Å². The van der Waals surface area contributed by atoms with Crippen LogP contribution in [0.5, 0.6) is 0 Å². The van der Waals surface area contributed by atoms with E-state index in [1.165, 1.54) is 12.3 Å². The van der Waals surface area contributed by atoms with E-state index >= 15 is 0 Å². The number of halogens is 1. The van der Waals surface area contributed by atoms with Crippen molar-refractivity contribution in [2.75, 3.05) is 0 Å². The fourth-order valence-corrected chi connectivity index (χ4v) is 2.11. The predicted molar refractivity (Wildman–Crippen MR) is 76.9 cm³/mol. The number of carboxylic acids is 1. The SMILES string of the molecule is O=C(O)c1cccc2nc(-c3ccc(Cl)cc3)ncc12. The van der Waals surface area contributed by atoms with Crippen LogP contribution in [0, 0.1) is 0 Å². The highest BCUT2D eigenvalue weighted by Crippen LogP contribution is 2.22. The molecule has 0 bridgehead atoms. The van der Waals surface area contributed by atoms with Gasteiger partial charge in [-0.3, -0.25) is 0 Å². The summed E-state index contributed by atoms with van der Waals surface area (Å²) in [5.41, 5.74) is 1.63. The Kier molecular flexibility index (Phi) is 3.08. The largest absolute Gasteiger partial charge is 0.478 e. The molecule has 0 saturated carbocycles. The van der Waals surface area contributed by atoms with Crippen LogP contribution in [0.3, 0.4) is 0 Å². The molecule has 20 heavy (non-hydrogen) atoms. The second-order valence-electron chi connectivity index (χ2n) is 4.24. The number of carbonyl (C=O) groups is 1. The Hall–Kier alpha value is -2.46. The quantitative estimate of drug-likeness (QED) is 0.780. The van der Waals surface area contributed by atoms with Crippen molar-refractivity contribution in [2.45, 2.75) is 0 Å². The van der Waals surface area contributed by atoms with E-state index in [1.54, 1.807) is 24.3 Å². The van der Waals surface area contributed by atoms with E-state index in [4.69, 9.17) is 16.7 Å². The second kappa shape index (κ2) is 4.90. The van der Waals surface area contributed by atoms with Crippen molar-refractivity contribution >= 4 is 28.5 Å². The van der Waals surface area contributed by atoms with Crippen molar-refractivity contribution in [1.29, 1.82) is 0 Å². The van der Waals surface area contributed by atoms with Crippen molar-refractivity contribution < 1.29 is 9.90 Å². The van der Waals surface area contributed by atoms with Gasteiger partial charge >= 0.3 is 5.97 Å². The topological polar surface area (TPSA) is 63.1 Å². The van der Waals surface area contributed by atoms with Gasteiger partial charge in [-0.05, 0) is 36.4 Å². The van der Waals surface area contributed by atoms with Gasteiger partial charge < -0.3 is 5.11 Å². The third-order valence-electron chi connectivity index (χ3n) is 2.96. The number of rotatable bonds is 2. The van der Waals surface area contributed by atoms with Gasteiger partial charge in [0.2, 0.25) is 0 Å². The zero-order valence-corrected chi connectivity index (χ0v) is 11.0. The minimum atomic E-state index is -0.988. The molecule has 0 fully saturated rings. The van der Waals surface area contributed by atoms with Crippen LogP contribution in [0.2, 0.25) is 5.02 Å². The number of benzene rings is 2. The first-order valence-corrected chi connectivity index (χ1v) is 6.28. The van der Waals surface area contributed by atoms with Gasteiger partial charge in [-0.25, -0.2) is 14.8 Å². The lowest BCUT2D eigenvalue weighted by atomic mass is 10.1. The van der Waals surface area contributed by atoms with E-state index in [9.17, 15) is 4.79 Å². The number of aromatic nitrogens is 2. The molecule has 1 N–H and O–H groups in total. The Bertz CT molecular complexity index is 801. The summed E-state index contributed by atoms with van der Waals surface area (Å²) < 4.78 is 0. The highest BCUT2D eigenvalue weighted by molar-refractivity contribution is 6.30. The standard InChI is InChI=1S/C15H9ClN2O2/c16-10-6-4-9(5-7-10)14-17-8-12-11(15(19)20)2-1-3-13(12)18-14/h1-8H,(H,19,20). The third-order valence-corrected chi connectivity index (χ3v) is 3.21. The van der Waals surface area contributed by atoms with Crippen molar-refractivity contribution in [2.24, 2.45) is 0 Å². The minimum absolute atomic E-state index is 0.199. The number of hydrogen-bond donors (Lipinski definition) is 1. The zero-order chi connectivity index (χ0) is 14.1. The van der Waals surface area contributed by atoms with Gasteiger partial charge in [0.05, 0.1) is 11.1 Å². The molecule has 0 unspecified atom stereocenters. The monoisotopic (exact) mass is 284 g/mol. The molecule has 0 saturated heterocycles. The molecule has 1 aromatic heterocycles. The van der Waals surface area contributed by atoms with E-state index in [1.807, 2.05) is 12.1 Å². The summed E-state index contributed by atoms with van der Waals surface area (Å²) in [6.07, 6.45) is 1.54. The van der Waals surface area contributed by atoms with Crippen LogP contribution in [0.25, 0.3) is 22.3 Å². The third kappa shape index (κ3) is 2.21. The lowest BCUT2D eigenvalue weighted by molar-refractivity contribution is 0.0699. The number of fused-ring (bicyclic) bond motifs is 1. The number of hydrogen-bond acceptors (Lipinski definition) is 3. The smallest absolute Gasteiger partial charge is 0.336 e. The van der Waals surface area contributed by atoms with E-state index in [2.05, 4.69) is 9.97 Å².